The molecule has 0 radical (unpaired) electrons. The number of rotatable bonds is 3. The van der Waals surface area contributed by atoms with Crippen molar-refractivity contribution in [3.05, 3.63) is 47.3 Å². The first-order valence-electron chi connectivity index (χ1n) is 6.00. The Morgan fingerprint density at radius 1 is 1.14 bits per heavy atom. The molecule has 1 aromatic heterocycles. The van der Waals surface area contributed by atoms with Gasteiger partial charge in [-0.3, -0.25) is 0 Å². The number of aryl methyl sites for hydroxylation is 1. The standard InChI is InChI=1S/C14H12F4N2O/c1-8-3-4-10(15)11(5-8)21-13-7-9(14(16,17)18)6-12(19-2)20-13/h3-7H,1-2H3,(H,19,20). The molecule has 2 aromatic rings. The first-order valence-corrected chi connectivity index (χ1v) is 6.00. The van der Waals surface area contributed by atoms with Crippen LogP contribution < -0.4 is 10.1 Å². The first kappa shape index (κ1) is 15.1. The topological polar surface area (TPSA) is 34.1 Å². The summed E-state index contributed by atoms with van der Waals surface area (Å²) in [4.78, 5) is 3.83. The predicted octanol–water partition coefficient (Wildman–Crippen LogP) is 4.38. The Morgan fingerprint density at radius 3 is 2.48 bits per heavy atom. The second kappa shape index (κ2) is 5.59. The molecule has 0 bridgehead atoms. The zero-order valence-corrected chi connectivity index (χ0v) is 11.3. The van der Waals surface area contributed by atoms with Gasteiger partial charge >= 0.3 is 6.18 Å². The molecule has 0 aliphatic rings. The van der Waals surface area contributed by atoms with Gasteiger partial charge in [0.25, 0.3) is 0 Å². The van der Waals surface area contributed by atoms with Crippen molar-refractivity contribution in [3.8, 4) is 11.6 Å². The fourth-order valence-corrected chi connectivity index (χ4v) is 1.65. The van der Waals surface area contributed by atoms with E-state index in [0.717, 1.165) is 12.1 Å². The number of hydrogen-bond donors (Lipinski definition) is 1. The zero-order chi connectivity index (χ0) is 15.6. The average molecular weight is 300 g/mol. The summed E-state index contributed by atoms with van der Waals surface area (Å²) < 4.78 is 57.1. The van der Waals surface area contributed by atoms with E-state index < -0.39 is 17.6 Å². The lowest BCUT2D eigenvalue weighted by molar-refractivity contribution is -0.137. The molecule has 3 nitrogen and oxygen atoms in total. The van der Waals surface area contributed by atoms with Gasteiger partial charge in [0.05, 0.1) is 5.56 Å². The molecule has 112 valence electrons. The van der Waals surface area contributed by atoms with Gasteiger partial charge in [-0.05, 0) is 30.7 Å². The van der Waals surface area contributed by atoms with Crippen LogP contribution in [0.5, 0.6) is 11.6 Å². The van der Waals surface area contributed by atoms with Gasteiger partial charge in [-0.2, -0.15) is 18.2 Å². The third kappa shape index (κ3) is 3.62. The largest absolute Gasteiger partial charge is 0.436 e. The van der Waals surface area contributed by atoms with Crippen molar-refractivity contribution in [1.29, 1.82) is 0 Å². The third-order valence-electron chi connectivity index (χ3n) is 2.69. The highest BCUT2D eigenvalue weighted by Crippen LogP contribution is 2.34. The number of benzene rings is 1. The van der Waals surface area contributed by atoms with E-state index in [2.05, 4.69) is 10.3 Å². The van der Waals surface area contributed by atoms with Gasteiger partial charge in [0.1, 0.15) is 5.82 Å². The normalized spacial score (nSPS) is 11.3. The molecular weight excluding hydrogens is 288 g/mol. The van der Waals surface area contributed by atoms with Gasteiger partial charge in [0.15, 0.2) is 11.6 Å². The Kier molecular flexibility index (Phi) is 4.02. The van der Waals surface area contributed by atoms with Crippen molar-refractivity contribution in [1.82, 2.24) is 4.98 Å². The van der Waals surface area contributed by atoms with Gasteiger partial charge in [-0.25, -0.2) is 4.39 Å². The van der Waals surface area contributed by atoms with Crippen LogP contribution in [0.2, 0.25) is 0 Å². The zero-order valence-electron chi connectivity index (χ0n) is 11.3. The number of pyridine rings is 1. The van der Waals surface area contributed by atoms with Crippen molar-refractivity contribution in [2.45, 2.75) is 13.1 Å². The van der Waals surface area contributed by atoms with Gasteiger partial charge < -0.3 is 10.1 Å². The van der Waals surface area contributed by atoms with Crippen LogP contribution in [-0.2, 0) is 6.18 Å². The molecule has 1 heterocycles. The van der Waals surface area contributed by atoms with E-state index >= 15 is 0 Å². The highest BCUT2D eigenvalue weighted by atomic mass is 19.4. The van der Waals surface area contributed by atoms with Crippen LogP contribution >= 0.6 is 0 Å². The third-order valence-corrected chi connectivity index (χ3v) is 2.69. The van der Waals surface area contributed by atoms with E-state index in [1.165, 1.54) is 25.2 Å². The molecule has 21 heavy (non-hydrogen) atoms. The van der Waals surface area contributed by atoms with Crippen molar-refractivity contribution < 1.29 is 22.3 Å². The van der Waals surface area contributed by atoms with E-state index in [9.17, 15) is 17.6 Å². The van der Waals surface area contributed by atoms with Gasteiger partial charge in [-0.15, -0.1) is 0 Å². The second-order valence-corrected chi connectivity index (χ2v) is 4.36. The molecular formula is C14H12F4N2O. The Balaban J connectivity index is 2.42. The fourth-order valence-electron chi connectivity index (χ4n) is 1.65. The molecule has 0 saturated carbocycles. The van der Waals surface area contributed by atoms with Crippen LogP contribution in [0.4, 0.5) is 23.4 Å². The molecule has 0 spiro atoms. The molecule has 1 aromatic carbocycles. The molecule has 7 heteroatoms. The lowest BCUT2D eigenvalue weighted by Crippen LogP contribution is -2.07. The van der Waals surface area contributed by atoms with E-state index in [-0.39, 0.29) is 17.4 Å². The molecule has 2 rings (SSSR count). The van der Waals surface area contributed by atoms with Crippen LogP contribution in [0.1, 0.15) is 11.1 Å². The number of aromatic nitrogens is 1. The molecule has 0 unspecified atom stereocenters. The van der Waals surface area contributed by atoms with Gasteiger partial charge in [0.2, 0.25) is 5.88 Å². The number of alkyl halides is 3. The molecule has 0 saturated heterocycles. The summed E-state index contributed by atoms with van der Waals surface area (Å²) in [6.07, 6.45) is -4.54. The SMILES string of the molecule is CNc1cc(C(F)(F)F)cc(Oc2cc(C)ccc2F)n1. The maximum absolute atomic E-state index is 13.6. The number of anilines is 1. The Bertz CT molecular complexity index is 656. The number of nitrogens with zero attached hydrogens (tertiary/aromatic N) is 1. The lowest BCUT2D eigenvalue weighted by atomic mass is 10.2. The summed E-state index contributed by atoms with van der Waals surface area (Å²) in [5.41, 5.74) is -0.211. The van der Waals surface area contributed by atoms with Crippen LogP contribution in [-0.4, -0.2) is 12.0 Å². The second-order valence-electron chi connectivity index (χ2n) is 4.36. The minimum absolute atomic E-state index is 0.0205. The van der Waals surface area contributed by atoms with Crippen LogP contribution in [0.3, 0.4) is 0 Å². The predicted molar refractivity (Wildman–Crippen MR) is 70.0 cm³/mol. The maximum atomic E-state index is 13.6. The summed E-state index contributed by atoms with van der Waals surface area (Å²) in [6, 6.07) is 5.66. The average Bonchev–Trinajstić information content (AvgIpc) is 2.41. The summed E-state index contributed by atoms with van der Waals surface area (Å²) >= 11 is 0. The molecule has 0 fully saturated rings. The minimum atomic E-state index is -4.54. The summed E-state index contributed by atoms with van der Waals surface area (Å²) in [7, 11) is 1.43. The highest BCUT2D eigenvalue weighted by Gasteiger charge is 2.32. The first-order chi connectivity index (χ1) is 9.79. The quantitative estimate of drug-likeness (QED) is 0.854. The van der Waals surface area contributed by atoms with E-state index in [0.29, 0.717) is 5.56 Å². The number of hydrogen-bond acceptors (Lipinski definition) is 3. The van der Waals surface area contributed by atoms with Crippen molar-refractivity contribution in [3.63, 3.8) is 0 Å². The fraction of sp³-hybridized carbons (Fsp3) is 0.214. The van der Waals surface area contributed by atoms with Gasteiger partial charge in [-0.1, -0.05) is 6.07 Å². The van der Waals surface area contributed by atoms with Crippen molar-refractivity contribution in [2.24, 2.45) is 0 Å². The maximum Gasteiger partial charge on any atom is 0.416 e. The Morgan fingerprint density at radius 2 is 1.86 bits per heavy atom. The van der Waals surface area contributed by atoms with Gasteiger partial charge in [0, 0.05) is 13.1 Å². The number of ether oxygens (including phenoxy) is 1. The van der Waals surface area contributed by atoms with E-state index in [1.54, 1.807) is 6.92 Å². The molecule has 0 amide bonds. The van der Waals surface area contributed by atoms with Crippen LogP contribution in [0.15, 0.2) is 30.3 Å². The van der Waals surface area contributed by atoms with Crippen LogP contribution in [0, 0.1) is 12.7 Å². The highest BCUT2D eigenvalue weighted by molar-refractivity contribution is 5.43. The Hall–Kier alpha value is -2.31. The molecule has 0 aliphatic heterocycles. The minimum Gasteiger partial charge on any atom is -0.436 e. The summed E-state index contributed by atoms with van der Waals surface area (Å²) in [5.74, 6) is -1.21. The van der Waals surface area contributed by atoms with Crippen LogP contribution in [0.25, 0.3) is 0 Å². The number of nitrogens with one attached hydrogen (secondary N) is 1. The molecule has 0 atom stereocenters. The van der Waals surface area contributed by atoms with Crippen molar-refractivity contribution in [2.75, 3.05) is 12.4 Å². The smallest absolute Gasteiger partial charge is 0.416 e. The Labute approximate surface area is 118 Å². The molecule has 1 N–H and O–H groups in total. The van der Waals surface area contributed by atoms with E-state index in [4.69, 9.17) is 4.74 Å². The summed E-state index contributed by atoms with van der Waals surface area (Å²) in [5, 5.41) is 2.51. The van der Waals surface area contributed by atoms with E-state index in [1.807, 2.05) is 0 Å². The monoisotopic (exact) mass is 300 g/mol. The molecule has 0 aliphatic carbocycles. The summed E-state index contributed by atoms with van der Waals surface area (Å²) in [6.45, 7) is 1.71. The lowest BCUT2D eigenvalue weighted by Gasteiger charge is -2.12. The number of halogens is 4. The van der Waals surface area contributed by atoms with Crippen molar-refractivity contribution >= 4 is 5.82 Å².